The van der Waals surface area contributed by atoms with E-state index in [1.54, 1.807) is 21.8 Å². The molecule has 0 bridgehead atoms. The lowest BCUT2D eigenvalue weighted by Crippen LogP contribution is -2.42. The summed E-state index contributed by atoms with van der Waals surface area (Å²) in [6.07, 6.45) is 5.02. The molecule has 0 spiro atoms. The van der Waals surface area contributed by atoms with Gasteiger partial charge < -0.3 is 9.64 Å². The Labute approximate surface area is 171 Å². The van der Waals surface area contributed by atoms with Crippen LogP contribution in [0.15, 0.2) is 67.1 Å². The fourth-order valence-corrected chi connectivity index (χ4v) is 3.63. The molecule has 7 nitrogen and oxygen atoms in total. The van der Waals surface area contributed by atoms with Crippen LogP contribution < -0.4 is 0 Å². The van der Waals surface area contributed by atoms with Gasteiger partial charge in [-0.1, -0.05) is 11.3 Å². The van der Waals surface area contributed by atoms with Gasteiger partial charge in [-0.15, -0.1) is 5.10 Å². The summed E-state index contributed by atoms with van der Waals surface area (Å²) in [6, 6.07) is 13.4. The summed E-state index contributed by atoms with van der Waals surface area (Å²) in [6.45, 7) is 1.22. The summed E-state index contributed by atoms with van der Waals surface area (Å²) in [4.78, 5) is 18.5. The highest BCUT2D eigenvalue weighted by Gasteiger charge is 2.29. The molecule has 3 aromatic heterocycles. The van der Waals surface area contributed by atoms with Gasteiger partial charge in [0.1, 0.15) is 17.6 Å². The predicted molar refractivity (Wildman–Crippen MR) is 107 cm³/mol. The molecule has 4 aromatic rings. The van der Waals surface area contributed by atoms with E-state index in [9.17, 15) is 9.18 Å². The van der Waals surface area contributed by atoms with Gasteiger partial charge in [-0.2, -0.15) is 0 Å². The molecule has 1 amide bonds. The van der Waals surface area contributed by atoms with E-state index in [-0.39, 0.29) is 17.8 Å². The van der Waals surface area contributed by atoms with Gasteiger partial charge in [-0.25, -0.2) is 8.91 Å². The monoisotopic (exact) mass is 403 g/mol. The van der Waals surface area contributed by atoms with Crippen molar-refractivity contribution in [1.29, 1.82) is 0 Å². The van der Waals surface area contributed by atoms with Crippen molar-refractivity contribution in [1.82, 2.24) is 24.7 Å². The van der Waals surface area contributed by atoms with Crippen LogP contribution >= 0.6 is 0 Å². The number of carbonyl (C=O) groups excluding carboxylic acids is 1. The number of aromatic nitrogens is 4. The van der Waals surface area contributed by atoms with E-state index in [1.165, 1.54) is 24.3 Å². The number of pyridine rings is 2. The van der Waals surface area contributed by atoms with Crippen molar-refractivity contribution in [3.63, 3.8) is 0 Å². The normalized spacial score (nSPS) is 16.7. The molecule has 30 heavy (non-hydrogen) atoms. The Hall–Kier alpha value is -3.65. The van der Waals surface area contributed by atoms with E-state index in [0.717, 1.165) is 16.6 Å². The standard InChI is InChI=1S/C22H18FN5O2/c23-18-4-1-16(2-5-18)22(29)27-11-12-30-20(14-27)21-19-6-3-17(13-28(19)26-25-21)15-7-9-24-10-8-15/h1-10,13,20H,11-12,14H2/t20-/m0/s1. The molecule has 1 saturated heterocycles. The van der Waals surface area contributed by atoms with Crippen LogP contribution in [0.4, 0.5) is 4.39 Å². The quantitative estimate of drug-likeness (QED) is 0.526. The average molecular weight is 403 g/mol. The first kappa shape index (κ1) is 18.4. The Bertz CT molecular complexity index is 1190. The molecule has 0 unspecified atom stereocenters. The van der Waals surface area contributed by atoms with Crippen molar-refractivity contribution in [3.8, 4) is 11.1 Å². The summed E-state index contributed by atoms with van der Waals surface area (Å²) >= 11 is 0. The molecule has 1 aromatic carbocycles. The lowest BCUT2D eigenvalue weighted by molar-refractivity contribution is -0.0241. The first-order chi connectivity index (χ1) is 14.7. The highest BCUT2D eigenvalue weighted by atomic mass is 19.1. The molecular weight excluding hydrogens is 385 g/mol. The zero-order chi connectivity index (χ0) is 20.5. The lowest BCUT2D eigenvalue weighted by atomic mass is 10.1. The van der Waals surface area contributed by atoms with Crippen LogP contribution in [-0.4, -0.2) is 50.3 Å². The summed E-state index contributed by atoms with van der Waals surface area (Å²) < 4.78 is 20.8. The third-order valence-corrected chi connectivity index (χ3v) is 5.20. The van der Waals surface area contributed by atoms with Gasteiger partial charge in [-0.3, -0.25) is 9.78 Å². The number of morpholine rings is 1. The molecule has 0 N–H and O–H groups in total. The summed E-state index contributed by atoms with van der Waals surface area (Å²) in [5, 5.41) is 8.56. The highest BCUT2D eigenvalue weighted by molar-refractivity contribution is 5.94. The van der Waals surface area contributed by atoms with E-state index < -0.39 is 0 Å². The van der Waals surface area contributed by atoms with Crippen LogP contribution in [0.5, 0.6) is 0 Å². The average Bonchev–Trinajstić information content (AvgIpc) is 3.23. The maximum Gasteiger partial charge on any atom is 0.254 e. The van der Waals surface area contributed by atoms with E-state index in [0.29, 0.717) is 31.0 Å². The molecule has 1 aliphatic heterocycles. The molecule has 8 heteroatoms. The topological polar surface area (TPSA) is 72.6 Å². The van der Waals surface area contributed by atoms with Crippen LogP contribution in [0.25, 0.3) is 16.6 Å². The van der Waals surface area contributed by atoms with Crippen LogP contribution in [0.2, 0.25) is 0 Å². The molecule has 1 atom stereocenters. The number of nitrogens with zero attached hydrogens (tertiary/aromatic N) is 5. The number of hydrogen-bond donors (Lipinski definition) is 0. The van der Waals surface area contributed by atoms with Crippen molar-refractivity contribution < 1.29 is 13.9 Å². The third kappa shape index (κ3) is 3.42. The maximum absolute atomic E-state index is 13.2. The summed E-state index contributed by atoms with van der Waals surface area (Å²) in [7, 11) is 0. The summed E-state index contributed by atoms with van der Waals surface area (Å²) in [5.74, 6) is -0.521. The molecule has 4 heterocycles. The van der Waals surface area contributed by atoms with E-state index in [2.05, 4.69) is 15.3 Å². The van der Waals surface area contributed by atoms with Gasteiger partial charge >= 0.3 is 0 Å². The van der Waals surface area contributed by atoms with Gasteiger partial charge in [-0.05, 0) is 48.0 Å². The number of halogens is 1. The van der Waals surface area contributed by atoms with Crippen LogP contribution in [0.1, 0.15) is 22.2 Å². The zero-order valence-corrected chi connectivity index (χ0v) is 16.0. The smallest absolute Gasteiger partial charge is 0.254 e. The number of benzene rings is 1. The van der Waals surface area contributed by atoms with Crippen molar-refractivity contribution in [2.45, 2.75) is 6.10 Å². The number of fused-ring (bicyclic) bond motifs is 1. The summed E-state index contributed by atoms with van der Waals surface area (Å²) in [5.41, 5.74) is 4.00. The third-order valence-electron chi connectivity index (χ3n) is 5.20. The minimum absolute atomic E-state index is 0.153. The molecule has 0 saturated carbocycles. The van der Waals surface area contributed by atoms with E-state index >= 15 is 0 Å². The molecule has 5 rings (SSSR count). The van der Waals surface area contributed by atoms with Gasteiger partial charge in [0.15, 0.2) is 0 Å². The van der Waals surface area contributed by atoms with Gasteiger partial charge in [0.25, 0.3) is 5.91 Å². The lowest BCUT2D eigenvalue weighted by Gasteiger charge is -2.32. The zero-order valence-electron chi connectivity index (χ0n) is 16.0. The van der Waals surface area contributed by atoms with E-state index in [1.807, 2.05) is 30.5 Å². The minimum atomic E-state index is -0.382. The molecule has 1 aliphatic rings. The van der Waals surface area contributed by atoms with Crippen LogP contribution in [0, 0.1) is 5.82 Å². The Balaban J connectivity index is 1.39. The molecule has 150 valence electrons. The fourth-order valence-electron chi connectivity index (χ4n) is 3.63. The molecule has 0 aliphatic carbocycles. The van der Waals surface area contributed by atoms with Gasteiger partial charge in [0, 0.05) is 36.3 Å². The second kappa shape index (κ2) is 7.64. The number of carbonyl (C=O) groups is 1. The molecule has 1 fully saturated rings. The number of rotatable bonds is 3. The Morgan fingerprint density at radius 2 is 1.83 bits per heavy atom. The minimum Gasteiger partial charge on any atom is -0.368 e. The molecular formula is C22H18FN5O2. The predicted octanol–water partition coefficient (Wildman–Crippen LogP) is 3.14. The highest BCUT2D eigenvalue weighted by Crippen LogP contribution is 2.27. The SMILES string of the molecule is O=C(c1ccc(F)cc1)N1CCO[C@H](c2nnn3cc(-c4ccncc4)ccc23)C1. The second-order valence-electron chi connectivity index (χ2n) is 7.08. The Morgan fingerprint density at radius 1 is 1.03 bits per heavy atom. The van der Waals surface area contributed by atoms with Gasteiger partial charge in [0.05, 0.1) is 18.7 Å². The Kier molecular flexibility index (Phi) is 4.68. The van der Waals surface area contributed by atoms with E-state index in [4.69, 9.17) is 4.74 Å². The molecule has 0 radical (unpaired) electrons. The number of amides is 1. The van der Waals surface area contributed by atoms with Gasteiger partial charge in [0.2, 0.25) is 0 Å². The van der Waals surface area contributed by atoms with Crippen molar-refractivity contribution in [2.24, 2.45) is 0 Å². The second-order valence-corrected chi connectivity index (χ2v) is 7.08. The van der Waals surface area contributed by atoms with Crippen molar-refractivity contribution in [3.05, 3.63) is 84.2 Å². The maximum atomic E-state index is 13.2. The first-order valence-electron chi connectivity index (χ1n) is 9.61. The first-order valence-corrected chi connectivity index (χ1v) is 9.61. The van der Waals surface area contributed by atoms with Crippen LogP contribution in [0.3, 0.4) is 0 Å². The number of hydrogen-bond acceptors (Lipinski definition) is 5. The largest absolute Gasteiger partial charge is 0.368 e. The fraction of sp³-hybridized carbons (Fsp3) is 0.182. The van der Waals surface area contributed by atoms with Crippen molar-refractivity contribution in [2.75, 3.05) is 19.7 Å². The van der Waals surface area contributed by atoms with Crippen molar-refractivity contribution >= 4 is 11.4 Å². The Morgan fingerprint density at radius 3 is 2.63 bits per heavy atom. The number of ether oxygens (including phenoxy) is 1. The van der Waals surface area contributed by atoms with Crippen LogP contribution in [-0.2, 0) is 4.74 Å².